The van der Waals surface area contributed by atoms with Crippen molar-refractivity contribution in [3.05, 3.63) is 33.8 Å². The van der Waals surface area contributed by atoms with Crippen molar-refractivity contribution in [1.82, 2.24) is 0 Å². The van der Waals surface area contributed by atoms with E-state index in [0.717, 1.165) is 28.5 Å². The van der Waals surface area contributed by atoms with Crippen molar-refractivity contribution in [2.24, 2.45) is 5.73 Å². The van der Waals surface area contributed by atoms with E-state index in [9.17, 15) is 0 Å². The zero-order valence-electron chi connectivity index (χ0n) is 9.13. The fraction of sp³-hybridized carbons (Fsp3) is 0.500. The third kappa shape index (κ3) is 3.67. The van der Waals surface area contributed by atoms with E-state index in [1.54, 1.807) is 0 Å². The standard InChI is InChI=1S/C12H17Cl2N/c1-8(6-7-9(2)15)12-10(13)4-3-5-11(12)14/h3-5,8-9H,6-7,15H2,1-2H3. The Labute approximate surface area is 102 Å². The maximum atomic E-state index is 6.12. The predicted molar refractivity (Wildman–Crippen MR) is 67.8 cm³/mol. The Balaban J connectivity index is 2.77. The molecule has 0 saturated heterocycles. The molecule has 0 aliphatic rings. The number of nitrogens with two attached hydrogens (primary N) is 1. The van der Waals surface area contributed by atoms with Gasteiger partial charge in [-0.15, -0.1) is 0 Å². The molecule has 0 aliphatic heterocycles. The first-order valence-corrected chi connectivity index (χ1v) is 5.97. The Morgan fingerprint density at radius 2 is 1.67 bits per heavy atom. The monoisotopic (exact) mass is 245 g/mol. The molecule has 0 saturated carbocycles. The second kappa shape index (κ2) is 5.74. The first-order chi connectivity index (χ1) is 7.02. The smallest absolute Gasteiger partial charge is 0.0455 e. The van der Waals surface area contributed by atoms with Crippen LogP contribution in [0.25, 0.3) is 0 Å². The lowest BCUT2D eigenvalue weighted by atomic mass is 9.94. The van der Waals surface area contributed by atoms with Crippen LogP contribution in [0.4, 0.5) is 0 Å². The van der Waals surface area contributed by atoms with Crippen molar-refractivity contribution in [2.45, 2.75) is 38.6 Å². The lowest BCUT2D eigenvalue weighted by Crippen LogP contribution is -2.15. The summed E-state index contributed by atoms with van der Waals surface area (Å²) in [5.41, 5.74) is 6.77. The Bertz CT molecular complexity index is 303. The van der Waals surface area contributed by atoms with E-state index < -0.39 is 0 Å². The molecule has 2 atom stereocenters. The molecule has 2 N–H and O–H groups in total. The molecule has 1 nitrogen and oxygen atoms in total. The van der Waals surface area contributed by atoms with E-state index in [4.69, 9.17) is 28.9 Å². The van der Waals surface area contributed by atoms with Gasteiger partial charge in [0.25, 0.3) is 0 Å². The van der Waals surface area contributed by atoms with Crippen LogP contribution in [-0.2, 0) is 0 Å². The van der Waals surface area contributed by atoms with Gasteiger partial charge in [-0.1, -0.05) is 36.2 Å². The summed E-state index contributed by atoms with van der Waals surface area (Å²) in [4.78, 5) is 0. The third-order valence-corrected chi connectivity index (χ3v) is 3.21. The van der Waals surface area contributed by atoms with E-state index in [0.29, 0.717) is 5.92 Å². The molecule has 1 aromatic carbocycles. The number of hydrogen-bond donors (Lipinski definition) is 1. The second-order valence-corrected chi connectivity index (χ2v) is 4.91. The van der Waals surface area contributed by atoms with Crippen LogP contribution in [-0.4, -0.2) is 6.04 Å². The third-order valence-electron chi connectivity index (χ3n) is 2.55. The Kier molecular flexibility index (Phi) is 4.91. The van der Waals surface area contributed by atoms with Gasteiger partial charge in [0.05, 0.1) is 0 Å². The van der Waals surface area contributed by atoms with Crippen molar-refractivity contribution < 1.29 is 0 Å². The molecule has 1 rings (SSSR count). The molecular formula is C12H17Cl2N. The van der Waals surface area contributed by atoms with Gasteiger partial charge in [-0.25, -0.2) is 0 Å². The number of halogens is 2. The lowest BCUT2D eigenvalue weighted by Gasteiger charge is -2.16. The first-order valence-electron chi connectivity index (χ1n) is 5.22. The molecule has 1 aromatic rings. The second-order valence-electron chi connectivity index (χ2n) is 4.09. The van der Waals surface area contributed by atoms with E-state index >= 15 is 0 Å². The van der Waals surface area contributed by atoms with E-state index in [1.807, 2.05) is 25.1 Å². The summed E-state index contributed by atoms with van der Waals surface area (Å²) in [6, 6.07) is 5.86. The average Bonchev–Trinajstić information content (AvgIpc) is 2.14. The molecule has 2 unspecified atom stereocenters. The lowest BCUT2D eigenvalue weighted by molar-refractivity contribution is 0.569. The SMILES string of the molecule is CC(N)CCC(C)c1c(Cl)cccc1Cl. The number of hydrogen-bond acceptors (Lipinski definition) is 1. The highest BCUT2D eigenvalue weighted by molar-refractivity contribution is 6.36. The highest BCUT2D eigenvalue weighted by atomic mass is 35.5. The molecule has 0 aromatic heterocycles. The van der Waals surface area contributed by atoms with Crippen molar-refractivity contribution in [3.8, 4) is 0 Å². The van der Waals surface area contributed by atoms with Crippen LogP contribution in [0, 0.1) is 0 Å². The van der Waals surface area contributed by atoms with Crippen LogP contribution < -0.4 is 5.73 Å². The maximum absolute atomic E-state index is 6.12. The van der Waals surface area contributed by atoms with E-state index in [1.165, 1.54) is 0 Å². The minimum absolute atomic E-state index is 0.230. The molecular weight excluding hydrogens is 229 g/mol. The van der Waals surface area contributed by atoms with Gasteiger partial charge in [0.1, 0.15) is 0 Å². The molecule has 0 heterocycles. The molecule has 15 heavy (non-hydrogen) atoms. The van der Waals surface area contributed by atoms with Crippen molar-refractivity contribution >= 4 is 23.2 Å². The summed E-state index contributed by atoms with van der Waals surface area (Å²) in [5.74, 6) is 0.359. The van der Waals surface area contributed by atoms with Crippen LogP contribution in [0.2, 0.25) is 10.0 Å². The Morgan fingerprint density at radius 3 is 2.13 bits per heavy atom. The normalized spacial score (nSPS) is 15.0. The minimum Gasteiger partial charge on any atom is -0.328 e. The predicted octanol–water partition coefficient (Wildman–Crippen LogP) is 4.22. The highest BCUT2D eigenvalue weighted by Crippen LogP contribution is 2.33. The molecule has 0 fully saturated rings. The van der Waals surface area contributed by atoms with Crippen LogP contribution >= 0.6 is 23.2 Å². The van der Waals surface area contributed by atoms with Crippen LogP contribution in [0.3, 0.4) is 0 Å². The summed E-state index contributed by atoms with van der Waals surface area (Å²) in [5, 5.41) is 1.50. The molecule has 3 heteroatoms. The highest BCUT2D eigenvalue weighted by Gasteiger charge is 2.13. The largest absolute Gasteiger partial charge is 0.328 e. The van der Waals surface area contributed by atoms with Gasteiger partial charge in [-0.05, 0) is 43.4 Å². The number of rotatable bonds is 4. The van der Waals surface area contributed by atoms with E-state index in [2.05, 4.69) is 6.92 Å². The zero-order chi connectivity index (χ0) is 11.4. The Morgan fingerprint density at radius 1 is 1.13 bits per heavy atom. The van der Waals surface area contributed by atoms with Gasteiger partial charge >= 0.3 is 0 Å². The van der Waals surface area contributed by atoms with Crippen LogP contribution in [0.15, 0.2) is 18.2 Å². The zero-order valence-corrected chi connectivity index (χ0v) is 10.6. The van der Waals surface area contributed by atoms with Crippen molar-refractivity contribution in [3.63, 3.8) is 0 Å². The maximum Gasteiger partial charge on any atom is 0.0455 e. The quantitative estimate of drug-likeness (QED) is 0.845. The molecule has 0 aliphatic carbocycles. The van der Waals surface area contributed by atoms with Crippen LogP contribution in [0.5, 0.6) is 0 Å². The minimum atomic E-state index is 0.230. The fourth-order valence-electron chi connectivity index (χ4n) is 1.64. The molecule has 0 amide bonds. The van der Waals surface area contributed by atoms with Crippen molar-refractivity contribution in [2.75, 3.05) is 0 Å². The summed E-state index contributed by atoms with van der Waals surface area (Å²) in [6.07, 6.45) is 2.00. The summed E-state index contributed by atoms with van der Waals surface area (Å²) < 4.78 is 0. The average molecular weight is 246 g/mol. The van der Waals surface area contributed by atoms with Gasteiger partial charge in [-0.2, -0.15) is 0 Å². The molecule has 0 spiro atoms. The topological polar surface area (TPSA) is 26.0 Å². The summed E-state index contributed by atoms with van der Waals surface area (Å²) in [6.45, 7) is 4.15. The van der Waals surface area contributed by atoms with Gasteiger partial charge < -0.3 is 5.73 Å². The van der Waals surface area contributed by atoms with Gasteiger partial charge in [0, 0.05) is 16.1 Å². The first kappa shape index (κ1) is 12.8. The van der Waals surface area contributed by atoms with Crippen molar-refractivity contribution in [1.29, 1.82) is 0 Å². The molecule has 0 bridgehead atoms. The van der Waals surface area contributed by atoms with Gasteiger partial charge in [0.15, 0.2) is 0 Å². The van der Waals surface area contributed by atoms with Gasteiger partial charge in [-0.3, -0.25) is 0 Å². The number of benzene rings is 1. The summed E-state index contributed by atoms with van der Waals surface area (Å²) in [7, 11) is 0. The van der Waals surface area contributed by atoms with Gasteiger partial charge in [0.2, 0.25) is 0 Å². The molecule has 84 valence electrons. The van der Waals surface area contributed by atoms with E-state index in [-0.39, 0.29) is 6.04 Å². The van der Waals surface area contributed by atoms with Crippen LogP contribution in [0.1, 0.15) is 38.2 Å². The molecule has 0 radical (unpaired) electrons. The fourth-order valence-corrected chi connectivity index (χ4v) is 2.41. The Hall–Kier alpha value is -0.240. The summed E-state index contributed by atoms with van der Waals surface area (Å²) >= 11 is 12.2.